The SMILES string of the molecule is Cc1ccc(Cn2c(=O)c(C(=O)NC[C@H]3CCCO3)nn(-c3cc(C)cc(C)c3)c2=O)cc1. The van der Waals surface area contributed by atoms with Crippen LogP contribution >= 0.6 is 0 Å². The van der Waals surface area contributed by atoms with Crippen LogP contribution in [0.2, 0.25) is 0 Å². The van der Waals surface area contributed by atoms with Crippen LogP contribution in [0.1, 0.15) is 45.6 Å². The third-order valence-corrected chi connectivity index (χ3v) is 5.70. The molecule has 1 fully saturated rings. The first-order chi connectivity index (χ1) is 15.8. The van der Waals surface area contributed by atoms with Gasteiger partial charge < -0.3 is 10.1 Å². The summed E-state index contributed by atoms with van der Waals surface area (Å²) >= 11 is 0. The number of aromatic nitrogens is 3. The van der Waals surface area contributed by atoms with Crippen molar-refractivity contribution < 1.29 is 9.53 Å². The fraction of sp³-hybridized carbons (Fsp3) is 0.360. The Morgan fingerprint density at radius 2 is 1.76 bits per heavy atom. The Labute approximate surface area is 191 Å². The number of carbonyl (C=O) groups excluding carboxylic acids is 1. The second-order valence-electron chi connectivity index (χ2n) is 8.61. The number of hydrogen-bond donors (Lipinski definition) is 1. The summed E-state index contributed by atoms with van der Waals surface area (Å²) in [7, 11) is 0. The highest BCUT2D eigenvalue weighted by atomic mass is 16.5. The summed E-state index contributed by atoms with van der Waals surface area (Å²) in [4.78, 5) is 39.5. The van der Waals surface area contributed by atoms with Crippen molar-refractivity contribution in [1.29, 1.82) is 0 Å². The van der Waals surface area contributed by atoms with Gasteiger partial charge in [-0.05, 0) is 62.4 Å². The minimum Gasteiger partial charge on any atom is -0.376 e. The number of benzene rings is 2. The number of ether oxygens (including phenoxy) is 1. The number of amides is 1. The lowest BCUT2D eigenvalue weighted by atomic mass is 10.1. The Bertz CT molecular complexity index is 1260. The summed E-state index contributed by atoms with van der Waals surface area (Å²) in [5.74, 6) is -0.619. The minimum absolute atomic E-state index is 0.0390. The van der Waals surface area contributed by atoms with E-state index in [0.29, 0.717) is 18.8 Å². The van der Waals surface area contributed by atoms with E-state index in [-0.39, 0.29) is 18.3 Å². The summed E-state index contributed by atoms with van der Waals surface area (Å²) in [5, 5.41) is 6.95. The van der Waals surface area contributed by atoms with Crippen LogP contribution in [0, 0.1) is 20.8 Å². The largest absolute Gasteiger partial charge is 0.376 e. The molecule has 1 aromatic heterocycles. The van der Waals surface area contributed by atoms with Gasteiger partial charge in [-0.25, -0.2) is 4.79 Å². The van der Waals surface area contributed by atoms with Crippen LogP contribution in [0.3, 0.4) is 0 Å². The highest BCUT2D eigenvalue weighted by Gasteiger charge is 2.23. The van der Waals surface area contributed by atoms with Crippen LogP contribution in [0.25, 0.3) is 5.69 Å². The Balaban J connectivity index is 1.79. The van der Waals surface area contributed by atoms with Crippen molar-refractivity contribution in [3.63, 3.8) is 0 Å². The first-order valence-electron chi connectivity index (χ1n) is 11.1. The highest BCUT2D eigenvalue weighted by molar-refractivity contribution is 5.91. The average molecular weight is 449 g/mol. The van der Waals surface area contributed by atoms with Gasteiger partial charge in [0.25, 0.3) is 11.5 Å². The predicted molar refractivity (Wildman–Crippen MR) is 125 cm³/mol. The quantitative estimate of drug-likeness (QED) is 0.624. The van der Waals surface area contributed by atoms with Crippen molar-refractivity contribution >= 4 is 5.91 Å². The van der Waals surface area contributed by atoms with Gasteiger partial charge in [0.2, 0.25) is 5.69 Å². The Kier molecular flexibility index (Phi) is 6.55. The first kappa shape index (κ1) is 22.7. The normalized spacial score (nSPS) is 15.5. The third-order valence-electron chi connectivity index (χ3n) is 5.70. The first-order valence-corrected chi connectivity index (χ1v) is 11.1. The number of nitrogens with zero attached hydrogens (tertiary/aromatic N) is 3. The Morgan fingerprint density at radius 3 is 2.39 bits per heavy atom. The lowest BCUT2D eigenvalue weighted by Crippen LogP contribution is -2.46. The van der Waals surface area contributed by atoms with Crippen LogP contribution in [0.15, 0.2) is 52.1 Å². The maximum Gasteiger partial charge on any atom is 0.352 e. The third kappa shape index (κ3) is 5.12. The van der Waals surface area contributed by atoms with Crippen molar-refractivity contribution in [2.24, 2.45) is 0 Å². The van der Waals surface area contributed by atoms with E-state index in [9.17, 15) is 14.4 Å². The molecule has 1 amide bonds. The molecule has 0 unspecified atom stereocenters. The fourth-order valence-electron chi connectivity index (χ4n) is 4.01. The van der Waals surface area contributed by atoms with Crippen molar-refractivity contribution in [3.8, 4) is 5.69 Å². The van der Waals surface area contributed by atoms with Crippen LogP contribution in [-0.4, -0.2) is 39.5 Å². The van der Waals surface area contributed by atoms with E-state index in [4.69, 9.17) is 4.74 Å². The zero-order valence-corrected chi connectivity index (χ0v) is 19.1. The fourth-order valence-corrected chi connectivity index (χ4v) is 4.01. The van der Waals surface area contributed by atoms with Gasteiger partial charge in [-0.2, -0.15) is 9.78 Å². The van der Waals surface area contributed by atoms with Gasteiger partial charge in [0.05, 0.1) is 18.3 Å². The van der Waals surface area contributed by atoms with Gasteiger partial charge in [0.15, 0.2) is 0 Å². The zero-order chi connectivity index (χ0) is 23.5. The lowest BCUT2D eigenvalue weighted by Gasteiger charge is -2.14. The van der Waals surface area contributed by atoms with Gasteiger partial charge in [0, 0.05) is 13.2 Å². The van der Waals surface area contributed by atoms with Gasteiger partial charge in [-0.1, -0.05) is 35.9 Å². The molecule has 2 aromatic carbocycles. The maximum atomic E-state index is 13.3. The van der Waals surface area contributed by atoms with Crippen molar-refractivity contribution in [3.05, 3.63) is 91.3 Å². The molecule has 33 heavy (non-hydrogen) atoms. The smallest absolute Gasteiger partial charge is 0.352 e. The Morgan fingerprint density at radius 1 is 1.06 bits per heavy atom. The summed E-state index contributed by atoms with van der Waals surface area (Å²) in [6.45, 7) is 6.79. The molecule has 0 saturated carbocycles. The number of carbonyl (C=O) groups is 1. The van der Waals surface area contributed by atoms with E-state index in [1.807, 2.05) is 51.1 Å². The second-order valence-corrected chi connectivity index (χ2v) is 8.61. The van der Waals surface area contributed by atoms with E-state index in [0.717, 1.165) is 44.3 Å². The topological polar surface area (TPSA) is 95.2 Å². The summed E-state index contributed by atoms with van der Waals surface area (Å²) in [6.07, 6.45) is 1.72. The van der Waals surface area contributed by atoms with Crippen LogP contribution < -0.4 is 16.6 Å². The number of aryl methyl sites for hydroxylation is 3. The van der Waals surface area contributed by atoms with Gasteiger partial charge in [0.1, 0.15) is 0 Å². The molecule has 1 atom stereocenters. The molecular formula is C25H28N4O4. The number of rotatable bonds is 6. The molecule has 4 rings (SSSR count). The highest BCUT2D eigenvalue weighted by Crippen LogP contribution is 2.12. The second kappa shape index (κ2) is 9.54. The summed E-state index contributed by atoms with van der Waals surface area (Å²) in [6, 6.07) is 13.1. The molecule has 0 spiro atoms. The van der Waals surface area contributed by atoms with Gasteiger partial charge in [-0.15, -0.1) is 0 Å². The summed E-state index contributed by atoms with van der Waals surface area (Å²) < 4.78 is 7.75. The van der Waals surface area contributed by atoms with E-state index in [1.54, 1.807) is 12.1 Å². The molecule has 8 heteroatoms. The molecule has 0 aliphatic carbocycles. The maximum absolute atomic E-state index is 13.3. The molecule has 1 N–H and O–H groups in total. The van der Waals surface area contributed by atoms with Crippen molar-refractivity contribution in [2.75, 3.05) is 13.2 Å². The molecule has 8 nitrogen and oxygen atoms in total. The van der Waals surface area contributed by atoms with E-state index in [2.05, 4.69) is 10.4 Å². The molecule has 3 aromatic rings. The molecule has 1 saturated heterocycles. The molecule has 0 bridgehead atoms. The van der Waals surface area contributed by atoms with Gasteiger partial charge in [-0.3, -0.25) is 14.2 Å². The average Bonchev–Trinajstić information content (AvgIpc) is 3.29. The number of hydrogen-bond acceptors (Lipinski definition) is 5. The van der Waals surface area contributed by atoms with Crippen LogP contribution in [-0.2, 0) is 11.3 Å². The molecule has 1 aliphatic heterocycles. The monoisotopic (exact) mass is 448 g/mol. The van der Waals surface area contributed by atoms with Crippen molar-refractivity contribution in [2.45, 2.75) is 46.3 Å². The zero-order valence-electron chi connectivity index (χ0n) is 19.1. The standard InChI is InChI=1S/C25H28N4O4/c1-16-6-8-19(9-7-16)15-28-24(31)22(23(30)26-14-21-5-4-10-33-21)27-29(25(28)32)20-12-17(2)11-18(3)13-20/h6-9,11-13,21H,4-5,10,14-15H2,1-3H3,(H,26,30)/t21-/m1/s1. The van der Waals surface area contributed by atoms with Crippen LogP contribution in [0.4, 0.5) is 0 Å². The van der Waals surface area contributed by atoms with E-state index in [1.165, 1.54) is 0 Å². The molecular weight excluding hydrogens is 420 g/mol. The van der Waals surface area contributed by atoms with E-state index >= 15 is 0 Å². The van der Waals surface area contributed by atoms with E-state index < -0.39 is 17.2 Å². The van der Waals surface area contributed by atoms with Crippen LogP contribution in [0.5, 0.6) is 0 Å². The minimum atomic E-state index is -0.717. The summed E-state index contributed by atoms with van der Waals surface area (Å²) in [5.41, 5.74) is 2.61. The van der Waals surface area contributed by atoms with Gasteiger partial charge >= 0.3 is 5.69 Å². The van der Waals surface area contributed by atoms with Crippen molar-refractivity contribution in [1.82, 2.24) is 19.7 Å². The Hall–Kier alpha value is -3.52. The molecule has 0 radical (unpaired) electrons. The molecule has 2 heterocycles. The lowest BCUT2D eigenvalue weighted by molar-refractivity contribution is 0.0849. The molecule has 1 aliphatic rings. The molecule has 172 valence electrons. The predicted octanol–water partition coefficient (Wildman–Crippen LogP) is 2.28. The number of nitrogens with one attached hydrogen (secondary N) is 1.